The minimum absolute atomic E-state index is 0.191. The van der Waals surface area contributed by atoms with Crippen LogP contribution in [0.1, 0.15) is 12.8 Å². The van der Waals surface area contributed by atoms with E-state index in [1.807, 2.05) is 0 Å². The van der Waals surface area contributed by atoms with Crippen molar-refractivity contribution in [1.29, 1.82) is 0 Å². The zero-order valence-corrected chi connectivity index (χ0v) is 14.0. The quantitative estimate of drug-likeness (QED) is 0.626. The van der Waals surface area contributed by atoms with Gasteiger partial charge in [0.1, 0.15) is 5.82 Å². The highest BCUT2D eigenvalue weighted by Crippen LogP contribution is 2.11. The van der Waals surface area contributed by atoms with Gasteiger partial charge in [0.25, 0.3) is 0 Å². The SMILES string of the molecule is O=C(NCCCCN1CCN(CCO)CC1)Nc1ccccc1F. The van der Waals surface area contributed by atoms with Gasteiger partial charge in [-0.15, -0.1) is 0 Å². The van der Waals surface area contributed by atoms with Crippen molar-refractivity contribution in [3.63, 3.8) is 0 Å². The number of nitrogens with one attached hydrogen (secondary N) is 2. The van der Waals surface area contributed by atoms with E-state index < -0.39 is 5.82 Å². The topological polar surface area (TPSA) is 67.8 Å². The largest absolute Gasteiger partial charge is 0.395 e. The number of β-amino-alcohol motifs (C(OH)–C–C–N with tert-alkyl or cyclic N) is 1. The number of hydrogen-bond acceptors (Lipinski definition) is 4. The first kappa shape index (κ1) is 18.6. The van der Waals surface area contributed by atoms with Gasteiger partial charge in [-0.2, -0.15) is 0 Å². The summed E-state index contributed by atoms with van der Waals surface area (Å²) < 4.78 is 13.4. The van der Waals surface area contributed by atoms with Crippen molar-refractivity contribution >= 4 is 11.7 Å². The molecular weight excluding hydrogens is 311 g/mol. The van der Waals surface area contributed by atoms with Crippen LogP contribution in [0.15, 0.2) is 24.3 Å². The Morgan fingerprint density at radius 2 is 1.75 bits per heavy atom. The third kappa shape index (κ3) is 6.43. The zero-order chi connectivity index (χ0) is 17.2. The third-order valence-corrected chi connectivity index (χ3v) is 4.19. The van der Waals surface area contributed by atoms with Gasteiger partial charge in [-0.25, -0.2) is 9.18 Å². The number of amides is 2. The molecule has 7 heteroatoms. The number of unbranched alkanes of at least 4 members (excludes halogenated alkanes) is 1. The maximum Gasteiger partial charge on any atom is 0.319 e. The van der Waals surface area contributed by atoms with Gasteiger partial charge in [0.15, 0.2) is 0 Å². The molecule has 2 amide bonds. The van der Waals surface area contributed by atoms with Crippen LogP contribution in [0.3, 0.4) is 0 Å². The standard InChI is InChI=1S/C17H27FN4O2/c18-15-5-1-2-6-16(15)20-17(24)19-7-3-4-8-21-9-11-22(12-10-21)13-14-23/h1-2,5-6,23H,3-4,7-14H2,(H2,19,20,24). The van der Waals surface area contributed by atoms with Crippen LogP contribution in [0, 0.1) is 5.82 Å². The zero-order valence-electron chi connectivity index (χ0n) is 14.0. The number of halogens is 1. The van der Waals surface area contributed by atoms with Gasteiger partial charge < -0.3 is 20.6 Å². The molecule has 6 nitrogen and oxygen atoms in total. The number of carbonyl (C=O) groups excluding carboxylic acids is 1. The summed E-state index contributed by atoms with van der Waals surface area (Å²) in [6.45, 7) is 6.64. The molecular formula is C17H27FN4O2. The van der Waals surface area contributed by atoms with Crippen molar-refractivity contribution in [2.75, 3.05) is 57.7 Å². The van der Waals surface area contributed by atoms with E-state index >= 15 is 0 Å². The Bertz CT molecular complexity index is 507. The first-order valence-electron chi connectivity index (χ1n) is 8.54. The molecule has 0 atom stereocenters. The molecule has 0 bridgehead atoms. The fraction of sp³-hybridized carbons (Fsp3) is 0.588. The van der Waals surface area contributed by atoms with E-state index in [9.17, 15) is 9.18 Å². The van der Waals surface area contributed by atoms with E-state index in [2.05, 4.69) is 20.4 Å². The molecule has 24 heavy (non-hydrogen) atoms. The summed E-state index contributed by atoms with van der Waals surface area (Å²) in [6.07, 6.45) is 1.90. The molecule has 0 aliphatic carbocycles. The Hall–Kier alpha value is -1.70. The molecule has 2 rings (SSSR count). The van der Waals surface area contributed by atoms with E-state index in [0.29, 0.717) is 6.54 Å². The molecule has 0 unspecified atom stereocenters. The number of nitrogens with zero attached hydrogens (tertiary/aromatic N) is 2. The summed E-state index contributed by atoms with van der Waals surface area (Å²) >= 11 is 0. The summed E-state index contributed by atoms with van der Waals surface area (Å²) in [5.41, 5.74) is 0.191. The van der Waals surface area contributed by atoms with Crippen LogP contribution in [-0.2, 0) is 0 Å². The van der Waals surface area contributed by atoms with Gasteiger partial charge in [0, 0.05) is 39.3 Å². The monoisotopic (exact) mass is 338 g/mol. The highest BCUT2D eigenvalue weighted by Gasteiger charge is 2.15. The van der Waals surface area contributed by atoms with Gasteiger partial charge in [-0.1, -0.05) is 12.1 Å². The van der Waals surface area contributed by atoms with Gasteiger partial charge in [0.05, 0.1) is 12.3 Å². The molecule has 1 heterocycles. The number of aliphatic hydroxyl groups excluding tert-OH is 1. The summed E-state index contributed by atoms with van der Waals surface area (Å²) in [7, 11) is 0. The number of para-hydroxylation sites is 1. The number of benzene rings is 1. The Kier molecular flexibility index (Phi) is 7.94. The first-order valence-corrected chi connectivity index (χ1v) is 8.54. The molecule has 0 spiro atoms. The van der Waals surface area contributed by atoms with Crippen LogP contribution in [0.2, 0.25) is 0 Å². The van der Waals surface area contributed by atoms with Crippen molar-refractivity contribution < 1.29 is 14.3 Å². The number of rotatable bonds is 8. The summed E-state index contributed by atoms with van der Waals surface area (Å²) in [5.74, 6) is -0.437. The van der Waals surface area contributed by atoms with Crippen LogP contribution in [0.4, 0.5) is 14.9 Å². The van der Waals surface area contributed by atoms with Gasteiger partial charge in [-0.05, 0) is 31.5 Å². The van der Waals surface area contributed by atoms with Crippen LogP contribution in [0.5, 0.6) is 0 Å². The van der Waals surface area contributed by atoms with Gasteiger partial charge in [-0.3, -0.25) is 4.90 Å². The molecule has 1 aliphatic rings. The van der Waals surface area contributed by atoms with E-state index in [-0.39, 0.29) is 18.3 Å². The molecule has 1 aromatic carbocycles. The number of aliphatic hydroxyl groups is 1. The maximum atomic E-state index is 13.4. The molecule has 0 radical (unpaired) electrons. The second kappa shape index (κ2) is 10.2. The number of anilines is 1. The molecule has 1 aliphatic heterocycles. The summed E-state index contributed by atoms with van der Waals surface area (Å²) in [6, 6.07) is 5.74. The summed E-state index contributed by atoms with van der Waals surface area (Å²) in [5, 5.41) is 14.2. The first-order chi connectivity index (χ1) is 11.7. The Balaban J connectivity index is 1.52. The molecule has 0 aromatic heterocycles. The number of urea groups is 1. The van der Waals surface area contributed by atoms with Crippen molar-refractivity contribution in [1.82, 2.24) is 15.1 Å². The van der Waals surface area contributed by atoms with Crippen LogP contribution >= 0.6 is 0 Å². The lowest BCUT2D eigenvalue weighted by molar-refractivity contribution is 0.111. The third-order valence-electron chi connectivity index (χ3n) is 4.19. The Labute approximate surface area is 142 Å². The van der Waals surface area contributed by atoms with E-state index in [1.54, 1.807) is 12.1 Å². The lowest BCUT2D eigenvalue weighted by Crippen LogP contribution is -2.47. The van der Waals surface area contributed by atoms with Crippen molar-refractivity contribution in [3.8, 4) is 0 Å². The van der Waals surface area contributed by atoms with Crippen molar-refractivity contribution in [2.24, 2.45) is 0 Å². The molecule has 3 N–H and O–H groups in total. The van der Waals surface area contributed by atoms with Crippen molar-refractivity contribution in [3.05, 3.63) is 30.1 Å². The van der Waals surface area contributed by atoms with Crippen LogP contribution in [-0.4, -0.2) is 73.4 Å². The molecule has 134 valence electrons. The van der Waals surface area contributed by atoms with E-state index in [0.717, 1.165) is 52.1 Å². The molecule has 1 aromatic rings. The second-order valence-electron chi connectivity index (χ2n) is 5.97. The fourth-order valence-corrected chi connectivity index (χ4v) is 2.77. The average Bonchev–Trinajstić information content (AvgIpc) is 2.58. The van der Waals surface area contributed by atoms with E-state index in [1.165, 1.54) is 12.1 Å². The fourth-order valence-electron chi connectivity index (χ4n) is 2.77. The highest BCUT2D eigenvalue weighted by molar-refractivity contribution is 5.89. The number of piperazine rings is 1. The molecule has 1 fully saturated rings. The molecule has 1 saturated heterocycles. The number of hydrogen-bond donors (Lipinski definition) is 3. The minimum Gasteiger partial charge on any atom is -0.395 e. The average molecular weight is 338 g/mol. The smallest absolute Gasteiger partial charge is 0.319 e. The van der Waals surface area contributed by atoms with E-state index in [4.69, 9.17) is 5.11 Å². The Morgan fingerprint density at radius 3 is 2.42 bits per heavy atom. The second-order valence-corrected chi connectivity index (χ2v) is 5.97. The number of carbonyl (C=O) groups is 1. The predicted octanol–water partition coefficient (Wildman–Crippen LogP) is 1.34. The van der Waals surface area contributed by atoms with Crippen LogP contribution in [0.25, 0.3) is 0 Å². The molecule has 0 saturated carbocycles. The van der Waals surface area contributed by atoms with Crippen LogP contribution < -0.4 is 10.6 Å². The van der Waals surface area contributed by atoms with Crippen molar-refractivity contribution in [2.45, 2.75) is 12.8 Å². The van der Waals surface area contributed by atoms with Gasteiger partial charge >= 0.3 is 6.03 Å². The summed E-state index contributed by atoms with van der Waals surface area (Å²) in [4.78, 5) is 16.4. The Morgan fingerprint density at radius 1 is 1.08 bits per heavy atom. The lowest BCUT2D eigenvalue weighted by atomic mass is 10.2. The normalized spacial score (nSPS) is 16.1. The predicted molar refractivity (Wildman–Crippen MR) is 92.6 cm³/mol. The maximum absolute atomic E-state index is 13.4. The lowest BCUT2D eigenvalue weighted by Gasteiger charge is -2.34. The highest BCUT2D eigenvalue weighted by atomic mass is 19.1. The van der Waals surface area contributed by atoms with Gasteiger partial charge in [0.2, 0.25) is 0 Å². The minimum atomic E-state index is -0.437.